The number of phenols is 1. The largest absolute Gasteiger partial charge is 0.506 e. The van der Waals surface area contributed by atoms with Crippen molar-refractivity contribution in [2.45, 2.75) is 6.92 Å². The van der Waals surface area contributed by atoms with Crippen LogP contribution in [0.4, 0.5) is 5.69 Å². The van der Waals surface area contributed by atoms with Gasteiger partial charge in [-0.1, -0.05) is 23.2 Å². The second-order valence-corrected chi connectivity index (χ2v) is 7.81. The number of amides is 1. The Labute approximate surface area is 181 Å². The Balaban J connectivity index is 1.86. The minimum absolute atomic E-state index is 0.101. The van der Waals surface area contributed by atoms with E-state index in [1.165, 1.54) is 23.1 Å². The third-order valence-electron chi connectivity index (χ3n) is 3.95. The van der Waals surface area contributed by atoms with Crippen LogP contribution in [0.25, 0.3) is 6.08 Å². The van der Waals surface area contributed by atoms with Gasteiger partial charge in [0.1, 0.15) is 5.75 Å². The molecule has 1 N–H and O–H groups in total. The lowest BCUT2D eigenvalue weighted by atomic mass is 10.2. The molecule has 2 aromatic carbocycles. The normalized spacial score (nSPS) is 16.7. The number of likely N-dealkylation sites (N-methyl/N-ethyl adjacent to an activating group) is 1. The summed E-state index contributed by atoms with van der Waals surface area (Å²) in [6.07, 6.45) is 1.52. The van der Waals surface area contributed by atoms with Gasteiger partial charge in [0.25, 0.3) is 5.91 Å². The fourth-order valence-corrected chi connectivity index (χ4v) is 3.97. The van der Waals surface area contributed by atoms with Crippen LogP contribution in [0.5, 0.6) is 5.75 Å². The summed E-state index contributed by atoms with van der Waals surface area (Å²) in [6.45, 7) is 2.04. The first-order valence-corrected chi connectivity index (χ1v) is 10.1. The zero-order valence-electron chi connectivity index (χ0n) is 15.5. The van der Waals surface area contributed by atoms with Crippen molar-refractivity contribution < 1.29 is 19.4 Å². The third-order valence-corrected chi connectivity index (χ3v) is 5.52. The molecule has 150 valence electrons. The predicted octanol–water partition coefficient (Wildman–Crippen LogP) is 5.11. The van der Waals surface area contributed by atoms with Crippen molar-refractivity contribution in [3.63, 3.8) is 0 Å². The first-order chi connectivity index (χ1) is 13.8. The lowest BCUT2D eigenvalue weighted by Gasteiger charge is -2.07. The van der Waals surface area contributed by atoms with E-state index < -0.39 is 5.97 Å². The number of esters is 1. The molecule has 1 saturated heterocycles. The number of benzene rings is 2. The Bertz CT molecular complexity index is 1040. The number of thioether (sulfide) groups is 1. The summed E-state index contributed by atoms with van der Waals surface area (Å²) in [5.41, 5.74) is 1.34. The molecule has 1 heterocycles. The number of amidine groups is 1. The molecule has 2 aromatic rings. The molecule has 9 heteroatoms. The highest BCUT2D eigenvalue weighted by molar-refractivity contribution is 8.18. The van der Waals surface area contributed by atoms with Gasteiger partial charge in [-0.25, -0.2) is 9.79 Å². The van der Waals surface area contributed by atoms with E-state index in [4.69, 9.17) is 27.9 Å². The minimum atomic E-state index is -0.403. The maximum Gasteiger partial charge on any atom is 0.338 e. The molecular weight excluding hydrogens is 435 g/mol. The molecule has 1 aliphatic rings. The number of aromatic hydroxyl groups is 1. The van der Waals surface area contributed by atoms with E-state index in [-0.39, 0.29) is 16.7 Å². The molecule has 29 heavy (non-hydrogen) atoms. The molecule has 1 amide bonds. The highest BCUT2D eigenvalue weighted by atomic mass is 35.5. The second kappa shape index (κ2) is 8.90. The topological polar surface area (TPSA) is 79.2 Å². The van der Waals surface area contributed by atoms with Crippen LogP contribution in [-0.2, 0) is 9.53 Å². The van der Waals surface area contributed by atoms with Gasteiger partial charge in [-0.15, -0.1) is 0 Å². The van der Waals surface area contributed by atoms with Gasteiger partial charge in [0.05, 0.1) is 27.8 Å². The van der Waals surface area contributed by atoms with Crippen LogP contribution in [0.2, 0.25) is 10.0 Å². The SMILES string of the molecule is CCOC(=O)c1ccc(N=C2SC(=Cc3cc(Cl)cc(Cl)c3O)C(=O)N2C)cc1. The van der Waals surface area contributed by atoms with Crippen molar-refractivity contribution in [2.24, 2.45) is 4.99 Å². The van der Waals surface area contributed by atoms with Crippen LogP contribution >= 0.6 is 35.0 Å². The van der Waals surface area contributed by atoms with E-state index >= 15 is 0 Å². The molecule has 0 aromatic heterocycles. The number of aliphatic imine (C=N–C) groups is 1. The second-order valence-electron chi connectivity index (χ2n) is 5.96. The first kappa shape index (κ1) is 21.2. The number of hydrogen-bond donors (Lipinski definition) is 1. The summed E-state index contributed by atoms with van der Waals surface area (Å²) in [7, 11) is 1.60. The molecule has 0 unspecified atom stereocenters. The lowest BCUT2D eigenvalue weighted by Crippen LogP contribution is -2.23. The fraction of sp³-hybridized carbons (Fsp3) is 0.150. The molecule has 6 nitrogen and oxygen atoms in total. The van der Waals surface area contributed by atoms with Gasteiger partial charge in [-0.05, 0) is 61.2 Å². The molecule has 0 atom stereocenters. The smallest absolute Gasteiger partial charge is 0.338 e. The van der Waals surface area contributed by atoms with E-state index in [1.54, 1.807) is 38.2 Å². The zero-order valence-corrected chi connectivity index (χ0v) is 17.8. The van der Waals surface area contributed by atoms with Gasteiger partial charge < -0.3 is 9.84 Å². The summed E-state index contributed by atoms with van der Waals surface area (Å²) in [4.78, 5) is 30.5. The molecule has 0 spiro atoms. The van der Waals surface area contributed by atoms with Crippen LogP contribution in [0.3, 0.4) is 0 Å². The van der Waals surface area contributed by atoms with E-state index in [9.17, 15) is 14.7 Å². The van der Waals surface area contributed by atoms with Crippen molar-refractivity contribution >= 4 is 63.8 Å². The summed E-state index contributed by atoms with van der Waals surface area (Å²) >= 11 is 13.1. The Morgan fingerprint density at radius 3 is 2.62 bits per heavy atom. The van der Waals surface area contributed by atoms with Crippen LogP contribution in [0.1, 0.15) is 22.8 Å². The summed E-state index contributed by atoms with van der Waals surface area (Å²) in [6, 6.07) is 9.50. The highest BCUT2D eigenvalue weighted by Crippen LogP contribution is 2.37. The van der Waals surface area contributed by atoms with Gasteiger partial charge in [-0.3, -0.25) is 9.69 Å². The van der Waals surface area contributed by atoms with E-state index in [0.717, 1.165) is 11.8 Å². The van der Waals surface area contributed by atoms with E-state index in [0.29, 0.717) is 38.5 Å². The standard InChI is InChI=1S/C20H16Cl2N2O4S/c1-3-28-19(27)11-4-6-14(7-5-11)23-20-24(2)18(26)16(29-20)9-12-8-13(21)10-15(22)17(12)25/h4-10,25H,3H2,1-2H3. The lowest BCUT2D eigenvalue weighted by molar-refractivity contribution is -0.121. The number of rotatable bonds is 4. The Hall–Kier alpha value is -2.48. The number of nitrogens with zero attached hydrogens (tertiary/aromatic N) is 2. The summed E-state index contributed by atoms with van der Waals surface area (Å²) in [5.74, 6) is -0.827. The molecule has 1 fully saturated rings. The van der Waals surface area contributed by atoms with Crippen LogP contribution in [0, 0.1) is 0 Å². The first-order valence-electron chi connectivity index (χ1n) is 8.51. The van der Waals surface area contributed by atoms with Crippen molar-refractivity contribution in [3.8, 4) is 5.75 Å². The van der Waals surface area contributed by atoms with Gasteiger partial charge in [0, 0.05) is 17.6 Å². The Morgan fingerprint density at radius 2 is 1.97 bits per heavy atom. The number of hydrogen-bond acceptors (Lipinski definition) is 6. The maximum absolute atomic E-state index is 12.6. The van der Waals surface area contributed by atoms with Crippen molar-refractivity contribution in [1.82, 2.24) is 4.90 Å². The van der Waals surface area contributed by atoms with Gasteiger partial charge >= 0.3 is 5.97 Å². The summed E-state index contributed by atoms with van der Waals surface area (Å²) < 4.78 is 4.95. The molecule has 1 aliphatic heterocycles. The minimum Gasteiger partial charge on any atom is -0.506 e. The molecule has 3 rings (SSSR count). The van der Waals surface area contributed by atoms with Crippen LogP contribution in [-0.4, -0.2) is 40.7 Å². The average Bonchev–Trinajstić information content (AvgIpc) is 2.94. The van der Waals surface area contributed by atoms with Crippen LogP contribution in [0.15, 0.2) is 46.3 Å². The Kier molecular flexibility index (Phi) is 6.52. The van der Waals surface area contributed by atoms with Gasteiger partial charge in [-0.2, -0.15) is 0 Å². The van der Waals surface area contributed by atoms with Crippen molar-refractivity contribution in [1.29, 1.82) is 0 Å². The fourth-order valence-electron chi connectivity index (χ4n) is 2.49. The van der Waals surface area contributed by atoms with E-state index in [2.05, 4.69) is 4.99 Å². The third kappa shape index (κ3) is 4.75. The quantitative estimate of drug-likeness (QED) is 0.516. The number of halogens is 2. The average molecular weight is 451 g/mol. The van der Waals surface area contributed by atoms with Crippen molar-refractivity contribution in [2.75, 3.05) is 13.7 Å². The number of phenolic OH excluding ortho intramolecular Hbond substituents is 1. The molecule has 0 saturated carbocycles. The monoisotopic (exact) mass is 450 g/mol. The Morgan fingerprint density at radius 1 is 1.28 bits per heavy atom. The predicted molar refractivity (Wildman–Crippen MR) is 116 cm³/mol. The number of carbonyl (C=O) groups is 2. The number of ether oxygens (including phenoxy) is 1. The highest BCUT2D eigenvalue weighted by Gasteiger charge is 2.30. The van der Waals surface area contributed by atoms with E-state index in [1.807, 2.05) is 0 Å². The van der Waals surface area contributed by atoms with Crippen molar-refractivity contribution in [3.05, 3.63) is 62.5 Å². The molecule has 0 bridgehead atoms. The molecular formula is C20H16Cl2N2O4S. The maximum atomic E-state index is 12.6. The van der Waals surface area contributed by atoms with Gasteiger partial charge in [0.15, 0.2) is 5.17 Å². The van der Waals surface area contributed by atoms with Crippen LogP contribution < -0.4 is 0 Å². The molecule has 0 aliphatic carbocycles. The molecule has 0 radical (unpaired) electrons. The number of carbonyl (C=O) groups excluding carboxylic acids is 2. The zero-order chi connectivity index (χ0) is 21.1. The summed E-state index contributed by atoms with van der Waals surface area (Å²) in [5, 5.41) is 11.0. The van der Waals surface area contributed by atoms with Gasteiger partial charge in [0.2, 0.25) is 0 Å².